The van der Waals surface area contributed by atoms with Crippen LogP contribution in [0.5, 0.6) is 0 Å². The average molecular weight is 442 g/mol. The minimum Gasteiger partial charge on any atom is -0.289 e. The Morgan fingerprint density at radius 1 is 1.07 bits per heavy atom. The number of allylic oxidation sites excluding steroid dienone is 2. The third kappa shape index (κ3) is 3.03. The van der Waals surface area contributed by atoms with Crippen molar-refractivity contribution in [1.29, 1.82) is 0 Å². The number of benzene rings is 1. The zero-order valence-corrected chi connectivity index (χ0v) is 17.9. The molecule has 152 valence electrons. The second-order valence-corrected chi connectivity index (χ2v) is 8.38. The van der Waals surface area contributed by atoms with Crippen LogP contribution < -0.4 is 11.2 Å². The lowest BCUT2D eigenvalue weighted by molar-refractivity contribution is 0.0991. The van der Waals surface area contributed by atoms with Gasteiger partial charge < -0.3 is 0 Å². The van der Waals surface area contributed by atoms with Gasteiger partial charge in [-0.1, -0.05) is 36.4 Å². The predicted octanol–water partition coefficient (Wildman–Crippen LogP) is 2.90. The van der Waals surface area contributed by atoms with E-state index in [1.54, 1.807) is 31.2 Å². The van der Waals surface area contributed by atoms with Crippen LogP contribution in [-0.4, -0.2) is 25.7 Å². The first-order valence-electron chi connectivity index (χ1n) is 9.11. The number of hydrogen-bond acceptors (Lipinski definition) is 6. The number of aryl methyl sites for hydroxylation is 2. The number of carbonyl (C=O) groups excluding carboxylic acids is 2. The van der Waals surface area contributed by atoms with E-state index in [2.05, 4.69) is 4.98 Å². The monoisotopic (exact) mass is 441 g/mol. The normalized spacial score (nSPS) is 13.5. The maximum atomic E-state index is 13.3. The molecule has 0 unspecified atom stereocenters. The molecule has 0 atom stereocenters. The second-order valence-electron chi connectivity index (χ2n) is 6.83. The van der Waals surface area contributed by atoms with Gasteiger partial charge in [-0.25, -0.2) is 9.78 Å². The van der Waals surface area contributed by atoms with E-state index in [-0.39, 0.29) is 32.8 Å². The van der Waals surface area contributed by atoms with Crippen molar-refractivity contribution in [3.63, 3.8) is 0 Å². The Morgan fingerprint density at radius 3 is 2.47 bits per heavy atom. The molecule has 1 aliphatic rings. The van der Waals surface area contributed by atoms with Crippen molar-refractivity contribution in [3.05, 3.63) is 77.9 Å². The fraction of sp³-hybridized carbons (Fsp3) is 0.190. The molecule has 0 radical (unpaired) electrons. The van der Waals surface area contributed by atoms with Crippen molar-refractivity contribution < 1.29 is 9.59 Å². The molecule has 0 saturated heterocycles. The molecule has 0 amide bonds. The van der Waals surface area contributed by atoms with Crippen molar-refractivity contribution in [2.24, 2.45) is 14.1 Å². The quantitative estimate of drug-likeness (QED) is 0.620. The Balaban J connectivity index is 2.00. The molecule has 0 fully saturated rings. The molecule has 4 rings (SSSR count). The summed E-state index contributed by atoms with van der Waals surface area (Å²) in [5.74, 6) is -0.844. The van der Waals surface area contributed by atoms with Crippen molar-refractivity contribution in [2.75, 3.05) is 0 Å². The summed E-state index contributed by atoms with van der Waals surface area (Å²) in [6, 6.07) is 6.96. The molecule has 0 bridgehead atoms. The molecule has 0 aliphatic heterocycles. The van der Waals surface area contributed by atoms with Crippen LogP contribution in [0.15, 0.2) is 49.7 Å². The molecule has 7 nitrogen and oxygen atoms in total. The first-order valence-corrected chi connectivity index (χ1v) is 10.3. The topological polar surface area (TPSA) is 91.0 Å². The van der Waals surface area contributed by atoms with E-state index in [0.717, 1.165) is 16.3 Å². The molecule has 2 heterocycles. The van der Waals surface area contributed by atoms with Gasteiger partial charge in [0.05, 0.1) is 27.1 Å². The van der Waals surface area contributed by atoms with Crippen molar-refractivity contribution in [2.45, 2.75) is 18.2 Å². The highest BCUT2D eigenvalue weighted by molar-refractivity contribution is 8.04. The Labute approximate surface area is 180 Å². The number of carbonyl (C=O) groups is 2. The fourth-order valence-electron chi connectivity index (χ4n) is 3.50. The molecule has 0 spiro atoms. The number of hydrogen-bond donors (Lipinski definition) is 0. The highest BCUT2D eigenvalue weighted by atomic mass is 35.5. The number of aromatic nitrogens is 3. The van der Waals surface area contributed by atoms with Crippen LogP contribution in [-0.2, 0) is 20.5 Å². The second kappa shape index (κ2) is 7.37. The zero-order valence-electron chi connectivity index (χ0n) is 16.4. The summed E-state index contributed by atoms with van der Waals surface area (Å²) < 4.78 is 2.13. The van der Waals surface area contributed by atoms with Gasteiger partial charge in [0.1, 0.15) is 5.65 Å². The van der Waals surface area contributed by atoms with Gasteiger partial charge in [0, 0.05) is 30.1 Å². The molecule has 0 N–H and O–H groups in total. The average Bonchev–Trinajstić information content (AvgIpc) is 2.72. The third-order valence-electron chi connectivity index (χ3n) is 4.98. The van der Waals surface area contributed by atoms with E-state index in [0.29, 0.717) is 22.0 Å². The van der Waals surface area contributed by atoms with E-state index in [9.17, 15) is 19.2 Å². The number of thioether (sulfide) groups is 1. The molecule has 9 heteroatoms. The highest BCUT2D eigenvalue weighted by Gasteiger charge is 2.33. The summed E-state index contributed by atoms with van der Waals surface area (Å²) in [4.78, 5) is 57.0. The van der Waals surface area contributed by atoms with Crippen LogP contribution in [0.3, 0.4) is 0 Å². The molecule has 2 aromatic heterocycles. The maximum absolute atomic E-state index is 13.3. The first-order chi connectivity index (χ1) is 14.2. The first kappa shape index (κ1) is 20.3. The zero-order chi connectivity index (χ0) is 21.7. The molecule has 1 aromatic carbocycles. The number of halogens is 1. The lowest BCUT2D eigenvalue weighted by Gasteiger charge is -2.20. The van der Waals surface area contributed by atoms with Crippen LogP contribution in [0.1, 0.15) is 33.3 Å². The Hall–Kier alpha value is -2.97. The predicted molar refractivity (Wildman–Crippen MR) is 116 cm³/mol. The van der Waals surface area contributed by atoms with E-state index in [1.807, 2.05) is 0 Å². The lowest BCUT2D eigenvalue weighted by Crippen LogP contribution is -2.39. The largest absolute Gasteiger partial charge is 0.332 e. The minimum atomic E-state index is -0.653. The maximum Gasteiger partial charge on any atom is 0.332 e. The van der Waals surface area contributed by atoms with Gasteiger partial charge in [0.25, 0.3) is 5.56 Å². The number of fused-ring (bicyclic) bond motifs is 3. The van der Waals surface area contributed by atoms with Gasteiger partial charge in [0.15, 0.2) is 5.78 Å². The van der Waals surface area contributed by atoms with Crippen LogP contribution in [0.2, 0.25) is 5.02 Å². The Bertz CT molecular complexity index is 1420. The lowest BCUT2D eigenvalue weighted by atomic mass is 9.90. The SMILES string of the molecule is CCc1nc2c(c3c1C(=O)C(Sc1cccc(Cl)c1)=CC3=O)c(=O)n(C)c(=O)n2C. The summed E-state index contributed by atoms with van der Waals surface area (Å²) in [7, 11) is 2.81. The summed E-state index contributed by atoms with van der Waals surface area (Å²) in [6.07, 6.45) is 1.59. The van der Waals surface area contributed by atoms with Gasteiger partial charge in [0.2, 0.25) is 5.78 Å². The Kier molecular flexibility index (Phi) is 4.99. The van der Waals surface area contributed by atoms with E-state index >= 15 is 0 Å². The Morgan fingerprint density at radius 2 is 1.80 bits per heavy atom. The molecular weight excluding hydrogens is 426 g/mol. The van der Waals surface area contributed by atoms with Crippen LogP contribution >= 0.6 is 23.4 Å². The number of pyridine rings is 1. The summed E-state index contributed by atoms with van der Waals surface area (Å²) in [5.41, 5.74) is -0.605. The van der Waals surface area contributed by atoms with E-state index in [1.165, 1.54) is 24.7 Å². The smallest absolute Gasteiger partial charge is 0.289 e. The van der Waals surface area contributed by atoms with Gasteiger partial charge in [-0.15, -0.1) is 0 Å². The van der Waals surface area contributed by atoms with Crippen molar-refractivity contribution >= 4 is 46.0 Å². The van der Waals surface area contributed by atoms with E-state index in [4.69, 9.17) is 11.6 Å². The van der Waals surface area contributed by atoms with Crippen LogP contribution in [0, 0.1) is 0 Å². The number of rotatable bonds is 3. The van der Waals surface area contributed by atoms with Gasteiger partial charge >= 0.3 is 5.69 Å². The van der Waals surface area contributed by atoms with Crippen LogP contribution in [0.4, 0.5) is 0 Å². The number of Topliss-reactive ketones (excluding diaryl/α,β-unsaturated/α-hetero) is 1. The third-order valence-corrected chi connectivity index (χ3v) is 6.23. The summed E-state index contributed by atoms with van der Waals surface area (Å²) in [6.45, 7) is 1.80. The fourth-order valence-corrected chi connectivity index (χ4v) is 4.70. The minimum absolute atomic E-state index is 0.00786. The van der Waals surface area contributed by atoms with Crippen LogP contribution in [0.25, 0.3) is 11.0 Å². The summed E-state index contributed by atoms with van der Waals surface area (Å²) >= 11 is 7.15. The van der Waals surface area contributed by atoms with E-state index < -0.39 is 17.0 Å². The number of nitrogens with zero attached hydrogens (tertiary/aromatic N) is 3. The van der Waals surface area contributed by atoms with Gasteiger partial charge in [-0.05, 0) is 24.6 Å². The van der Waals surface area contributed by atoms with Gasteiger partial charge in [-0.3, -0.25) is 23.5 Å². The standard InChI is InChI=1S/C21H16ClN3O4S/c1-4-12-15-16(17-19(23-12)24(2)21(29)25(3)20(17)28)13(26)9-14(18(15)27)30-11-7-5-6-10(22)8-11/h5-9H,4H2,1-3H3. The molecule has 3 aromatic rings. The highest BCUT2D eigenvalue weighted by Crippen LogP contribution is 2.36. The number of ketones is 2. The summed E-state index contributed by atoms with van der Waals surface area (Å²) in [5, 5.41) is 0.495. The van der Waals surface area contributed by atoms with Crippen molar-refractivity contribution in [1.82, 2.24) is 14.1 Å². The molecule has 1 aliphatic carbocycles. The molecular formula is C21H16ClN3O4S. The molecule has 0 saturated carbocycles. The molecule has 30 heavy (non-hydrogen) atoms. The van der Waals surface area contributed by atoms with Crippen molar-refractivity contribution in [3.8, 4) is 0 Å². The van der Waals surface area contributed by atoms with Gasteiger partial charge in [-0.2, -0.15) is 0 Å².